The van der Waals surface area contributed by atoms with E-state index in [1.165, 1.54) is 6.92 Å². The van der Waals surface area contributed by atoms with Gasteiger partial charge in [0.15, 0.2) is 0 Å². The van der Waals surface area contributed by atoms with E-state index in [-0.39, 0.29) is 0 Å². The highest BCUT2D eigenvalue weighted by Crippen LogP contribution is 2.30. The van der Waals surface area contributed by atoms with Crippen molar-refractivity contribution in [2.75, 3.05) is 12.8 Å². The minimum absolute atomic E-state index is 0.307. The van der Waals surface area contributed by atoms with Crippen LogP contribution in [0, 0.1) is 0 Å². The summed E-state index contributed by atoms with van der Waals surface area (Å²) < 4.78 is 23.8. The number of hydrogen-bond donors (Lipinski definition) is 1. The highest BCUT2D eigenvalue weighted by molar-refractivity contribution is 7.88. The molecule has 1 heterocycles. The van der Waals surface area contributed by atoms with Crippen LogP contribution in [0.25, 0.3) is 0 Å². The van der Waals surface area contributed by atoms with Gasteiger partial charge in [0, 0.05) is 6.54 Å². The summed E-state index contributed by atoms with van der Waals surface area (Å²) in [5.74, 6) is -1.07. The highest BCUT2D eigenvalue weighted by Gasteiger charge is 2.45. The van der Waals surface area contributed by atoms with Gasteiger partial charge in [-0.3, -0.25) is 4.79 Å². The smallest absolute Gasteiger partial charge is 0.324 e. The van der Waals surface area contributed by atoms with E-state index in [1.54, 1.807) is 0 Å². The van der Waals surface area contributed by atoms with Crippen molar-refractivity contribution < 1.29 is 18.3 Å². The van der Waals surface area contributed by atoms with Crippen molar-refractivity contribution >= 4 is 16.0 Å². The number of sulfonamides is 1. The van der Waals surface area contributed by atoms with Gasteiger partial charge in [-0.1, -0.05) is 0 Å². The van der Waals surface area contributed by atoms with Gasteiger partial charge in [0.1, 0.15) is 5.54 Å². The summed E-state index contributed by atoms with van der Waals surface area (Å²) in [6, 6.07) is 0. The normalized spacial score (nSPS) is 30.1. The van der Waals surface area contributed by atoms with E-state index in [9.17, 15) is 13.2 Å². The molecule has 82 valence electrons. The monoisotopic (exact) mass is 221 g/mol. The van der Waals surface area contributed by atoms with Gasteiger partial charge in [-0.2, -0.15) is 4.31 Å². The van der Waals surface area contributed by atoms with Gasteiger partial charge < -0.3 is 5.11 Å². The van der Waals surface area contributed by atoms with Gasteiger partial charge >= 0.3 is 5.97 Å². The molecule has 0 unspecified atom stereocenters. The molecule has 5 nitrogen and oxygen atoms in total. The van der Waals surface area contributed by atoms with Crippen molar-refractivity contribution in [3.63, 3.8) is 0 Å². The van der Waals surface area contributed by atoms with Crippen LogP contribution in [0.3, 0.4) is 0 Å². The number of nitrogens with zero attached hydrogens (tertiary/aromatic N) is 1. The number of piperidine rings is 1. The van der Waals surface area contributed by atoms with Crippen LogP contribution >= 0.6 is 0 Å². The molecule has 1 aliphatic rings. The lowest BCUT2D eigenvalue weighted by Crippen LogP contribution is -2.57. The van der Waals surface area contributed by atoms with Crippen LogP contribution in [-0.2, 0) is 14.8 Å². The molecule has 0 aliphatic carbocycles. The van der Waals surface area contributed by atoms with Crippen molar-refractivity contribution in [1.82, 2.24) is 4.31 Å². The molecular weight excluding hydrogens is 206 g/mol. The van der Waals surface area contributed by atoms with Crippen LogP contribution in [0.2, 0.25) is 0 Å². The molecule has 1 saturated heterocycles. The highest BCUT2D eigenvalue weighted by atomic mass is 32.2. The molecule has 0 aromatic heterocycles. The molecule has 0 bridgehead atoms. The molecule has 6 heteroatoms. The molecular formula is C8H15NO4S. The number of carboxylic acids is 1. The zero-order chi connectivity index (χ0) is 11.0. The Balaban J connectivity index is 3.07. The number of rotatable bonds is 2. The fourth-order valence-electron chi connectivity index (χ4n) is 1.84. The lowest BCUT2D eigenvalue weighted by molar-refractivity contribution is -0.149. The maximum atomic E-state index is 11.4. The molecule has 1 atom stereocenters. The lowest BCUT2D eigenvalue weighted by Gasteiger charge is -2.39. The van der Waals surface area contributed by atoms with Crippen molar-refractivity contribution in [2.24, 2.45) is 0 Å². The Bertz CT molecular complexity index is 337. The van der Waals surface area contributed by atoms with Crippen LogP contribution in [0.1, 0.15) is 26.2 Å². The molecule has 1 rings (SSSR count). The largest absolute Gasteiger partial charge is 0.480 e. The average molecular weight is 221 g/mol. The van der Waals surface area contributed by atoms with Crippen LogP contribution in [0.5, 0.6) is 0 Å². The molecule has 1 aliphatic heterocycles. The molecule has 0 saturated carbocycles. The number of carboxylic acid groups (broad SMARTS) is 1. The Kier molecular flexibility index (Phi) is 2.87. The summed E-state index contributed by atoms with van der Waals surface area (Å²) >= 11 is 0. The maximum Gasteiger partial charge on any atom is 0.324 e. The summed E-state index contributed by atoms with van der Waals surface area (Å²) in [4.78, 5) is 11.0. The van der Waals surface area contributed by atoms with E-state index in [0.717, 1.165) is 23.4 Å². The van der Waals surface area contributed by atoms with Gasteiger partial charge in [-0.05, 0) is 26.2 Å². The number of hydrogen-bond acceptors (Lipinski definition) is 3. The third-order valence-electron chi connectivity index (χ3n) is 2.69. The minimum atomic E-state index is -3.43. The minimum Gasteiger partial charge on any atom is -0.480 e. The average Bonchev–Trinajstić information content (AvgIpc) is 2.02. The van der Waals surface area contributed by atoms with Gasteiger partial charge in [0.2, 0.25) is 10.0 Å². The Morgan fingerprint density at radius 2 is 2.00 bits per heavy atom. The predicted octanol–water partition coefficient (Wildman–Crippen LogP) is 0.275. The molecule has 14 heavy (non-hydrogen) atoms. The van der Waals surface area contributed by atoms with Crippen LogP contribution in [-0.4, -0.2) is 42.1 Å². The van der Waals surface area contributed by atoms with E-state index in [4.69, 9.17) is 5.11 Å². The van der Waals surface area contributed by atoms with E-state index < -0.39 is 21.5 Å². The van der Waals surface area contributed by atoms with Gasteiger partial charge in [0.25, 0.3) is 0 Å². The van der Waals surface area contributed by atoms with Crippen molar-refractivity contribution in [3.05, 3.63) is 0 Å². The predicted molar refractivity (Wildman–Crippen MR) is 51.4 cm³/mol. The van der Waals surface area contributed by atoms with E-state index in [1.807, 2.05) is 0 Å². The van der Waals surface area contributed by atoms with Gasteiger partial charge in [-0.25, -0.2) is 8.42 Å². The Hall–Kier alpha value is -0.620. The third kappa shape index (κ3) is 1.90. The lowest BCUT2D eigenvalue weighted by atomic mass is 9.91. The summed E-state index contributed by atoms with van der Waals surface area (Å²) in [5, 5.41) is 9.03. The quantitative estimate of drug-likeness (QED) is 0.726. The summed E-state index contributed by atoms with van der Waals surface area (Å²) in [6.07, 6.45) is 2.93. The molecule has 0 amide bonds. The second-order valence-electron chi connectivity index (χ2n) is 3.87. The Labute approximate surface area is 83.8 Å². The topological polar surface area (TPSA) is 74.7 Å². The molecule has 1 fully saturated rings. The van der Waals surface area contributed by atoms with Gasteiger partial charge in [0.05, 0.1) is 6.26 Å². The van der Waals surface area contributed by atoms with E-state index in [2.05, 4.69) is 0 Å². The number of carbonyl (C=O) groups is 1. The Morgan fingerprint density at radius 1 is 1.43 bits per heavy atom. The van der Waals surface area contributed by atoms with E-state index in [0.29, 0.717) is 13.0 Å². The molecule has 0 radical (unpaired) electrons. The zero-order valence-electron chi connectivity index (χ0n) is 8.36. The fraction of sp³-hybridized carbons (Fsp3) is 0.875. The maximum absolute atomic E-state index is 11.4. The SMILES string of the molecule is C[C@@]1(C(=O)O)CCCCN1S(C)(=O)=O. The number of aliphatic carboxylic acids is 1. The Morgan fingerprint density at radius 3 is 2.36 bits per heavy atom. The zero-order valence-corrected chi connectivity index (χ0v) is 9.17. The first kappa shape index (κ1) is 11.5. The van der Waals surface area contributed by atoms with Crippen molar-refractivity contribution in [1.29, 1.82) is 0 Å². The van der Waals surface area contributed by atoms with Crippen molar-refractivity contribution in [3.8, 4) is 0 Å². The van der Waals surface area contributed by atoms with Crippen LogP contribution in [0.4, 0.5) is 0 Å². The summed E-state index contributed by atoms with van der Waals surface area (Å²) in [7, 11) is -3.43. The van der Waals surface area contributed by atoms with Crippen molar-refractivity contribution in [2.45, 2.75) is 31.7 Å². The van der Waals surface area contributed by atoms with Gasteiger partial charge in [-0.15, -0.1) is 0 Å². The third-order valence-corrected chi connectivity index (χ3v) is 4.07. The van der Waals surface area contributed by atoms with Crippen LogP contribution < -0.4 is 0 Å². The second kappa shape index (κ2) is 3.51. The van der Waals surface area contributed by atoms with Crippen LogP contribution in [0.15, 0.2) is 0 Å². The summed E-state index contributed by atoms with van der Waals surface area (Å²) in [5.41, 5.74) is -1.26. The summed E-state index contributed by atoms with van der Waals surface area (Å²) in [6.45, 7) is 1.77. The molecule has 1 N–H and O–H groups in total. The first-order valence-corrected chi connectivity index (χ1v) is 6.34. The fourth-order valence-corrected chi connectivity index (χ4v) is 3.20. The standard InChI is InChI=1S/C8H15NO4S/c1-8(7(10)11)5-3-4-6-9(8)14(2,12)13/h3-6H2,1-2H3,(H,10,11)/t8-/m0/s1. The molecule has 0 aromatic carbocycles. The first-order chi connectivity index (χ1) is 6.28. The first-order valence-electron chi connectivity index (χ1n) is 4.50. The molecule has 0 aromatic rings. The van der Waals surface area contributed by atoms with E-state index >= 15 is 0 Å². The second-order valence-corrected chi connectivity index (χ2v) is 5.78. The molecule has 0 spiro atoms.